The summed E-state index contributed by atoms with van der Waals surface area (Å²) in [6.45, 7) is 7.86. The topological polar surface area (TPSA) is 109 Å². The number of ether oxygens (including phenoxy) is 1. The van der Waals surface area contributed by atoms with E-state index in [2.05, 4.69) is 10.1 Å². The third kappa shape index (κ3) is 3.76. The number of carbonyl (C=O) groups is 1. The second-order valence-electron chi connectivity index (χ2n) is 4.76. The van der Waals surface area contributed by atoms with Gasteiger partial charge in [-0.2, -0.15) is 10.1 Å². The number of rotatable bonds is 3. The van der Waals surface area contributed by atoms with Gasteiger partial charge in [-0.05, 0) is 27.7 Å². The molecule has 0 atom stereocenters. The highest BCUT2D eigenvalue weighted by Gasteiger charge is 2.23. The third-order valence-corrected chi connectivity index (χ3v) is 1.92. The molecule has 0 aromatic carbocycles. The molecule has 0 aliphatic rings. The summed E-state index contributed by atoms with van der Waals surface area (Å²) in [7, 11) is 0. The average molecular weight is 253 g/mol. The highest BCUT2D eigenvalue weighted by atomic mass is 16.6. The van der Waals surface area contributed by atoms with Crippen LogP contribution in [0.3, 0.4) is 0 Å². The molecule has 1 aromatic heterocycles. The van der Waals surface area contributed by atoms with Gasteiger partial charge in [0, 0.05) is 12.7 Å². The molecule has 0 aliphatic heterocycles. The number of guanidine groups is 1. The van der Waals surface area contributed by atoms with Crippen LogP contribution in [0.4, 0.5) is 5.82 Å². The van der Waals surface area contributed by atoms with Crippen molar-refractivity contribution in [1.82, 2.24) is 9.78 Å². The van der Waals surface area contributed by atoms with E-state index >= 15 is 0 Å². The van der Waals surface area contributed by atoms with Gasteiger partial charge in [-0.1, -0.05) is 0 Å². The van der Waals surface area contributed by atoms with Crippen LogP contribution in [0.15, 0.2) is 11.2 Å². The largest absolute Gasteiger partial charge is 0.456 e. The van der Waals surface area contributed by atoms with Crippen LogP contribution in [0.25, 0.3) is 0 Å². The molecule has 7 nitrogen and oxygen atoms in total. The molecule has 0 unspecified atom stereocenters. The van der Waals surface area contributed by atoms with E-state index < -0.39 is 11.6 Å². The van der Waals surface area contributed by atoms with Gasteiger partial charge < -0.3 is 16.2 Å². The van der Waals surface area contributed by atoms with Crippen molar-refractivity contribution in [1.29, 1.82) is 0 Å². The molecule has 18 heavy (non-hydrogen) atoms. The number of hydrogen-bond acceptors (Lipinski definition) is 4. The Morgan fingerprint density at radius 1 is 1.50 bits per heavy atom. The Morgan fingerprint density at radius 2 is 2.11 bits per heavy atom. The van der Waals surface area contributed by atoms with Gasteiger partial charge in [0.25, 0.3) is 0 Å². The number of carbonyl (C=O) groups excluding carboxylic acids is 1. The van der Waals surface area contributed by atoms with E-state index in [1.54, 1.807) is 31.6 Å². The Kier molecular flexibility index (Phi) is 3.95. The Labute approximate surface area is 106 Å². The quantitative estimate of drug-likeness (QED) is 0.469. The zero-order chi connectivity index (χ0) is 13.9. The molecule has 1 aromatic rings. The van der Waals surface area contributed by atoms with Crippen molar-refractivity contribution in [2.45, 2.75) is 39.8 Å². The van der Waals surface area contributed by atoms with Crippen molar-refractivity contribution in [2.75, 3.05) is 0 Å². The molecule has 0 bridgehead atoms. The number of hydrogen-bond donors (Lipinski definition) is 2. The first-order valence-electron chi connectivity index (χ1n) is 5.63. The van der Waals surface area contributed by atoms with E-state index in [0.29, 0.717) is 6.54 Å². The van der Waals surface area contributed by atoms with Gasteiger partial charge in [-0.25, -0.2) is 4.79 Å². The van der Waals surface area contributed by atoms with Crippen LogP contribution in [0.1, 0.15) is 38.1 Å². The fourth-order valence-electron chi connectivity index (χ4n) is 1.26. The van der Waals surface area contributed by atoms with Crippen LogP contribution in [-0.4, -0.2) is 27.3 Å². The number of aromatic nitrogens is 2. The standard InChI is InChI=1S/C11H19N5O2/c1-5-16-6-7(8(15-16)14-10(12)13)9(17)18-11(2,3)4/h6H,5H2,1-4H3,(H4,12,13,14,15). The zero-order valence-corrected chi connectivity index (χ0v) is 11.1. The first kappa shape index (κ1) is 14.0. The molecular formula is C11H19N5O2. The first-order chi connectivity index (χ1) is 8.23. The molecule has 0 fully saturated rings. The van der Waals surface area contributed by atoms with Gasteiger partial charge in [0.15, 0.2) is 11.8 Å². The van der Waals surface area contributed by atoms with Gasteiger partial charge >= 0.3 is 5.97 Å². The van der Waals surface area contributed by atoms with Crippen molar-refractivity contribution in [3.63, 3.8) is 0 Å². The predicted molar refractivity (Wildman–Crippen MR) is 68.5 cm³/mol. The van der Waals surface area contributed by atoms with Crippen LogP contribution in [0.5, 0.6) is 0 Å². The average Bonchev–Trinajstić information content (AvgIpc) is 2.57. The molecule has 4 N–H and O–H groups in total. The lowest BCUT2D eigenvalue weighted by Crippen LogP contribution is -2.24. The second kappa shape index (κ2) is 5.07. The first-order valence-corrected chi connectivity index (χ1v) is 5.63. The Morgan fingerprint density at radius 3 is 2.56 bits per heavy atom. The molecule has 0 spiro atoms. The highest BCUT2D eigenvalue weighted by Crippen LogP contribution is 2.20. The van der Waals surface area contributed by atoms with E-state index in [4.69, 9.17) is 16.2 Å². The van der Waals surface area contributed by atoms with Crippen molar-refractivity contribution in [2.24, 2.45) is 16.5 Å². The maximum absolute atomic E-state index is 12.0. The summed E-state index contributed by atoms with van der Waals surface area (Å²) in [4.78, 5) is 15.8. The SMILES string of the molecule is CCn1cc(C(=O)OC(C)(C)C)c(N=C(N)N)n1. The number of esters is 1. The van der Waals surface area contributed by atoms with E-state index in [9.17, 15) is 4.79 Å². The minimum absolute atomic E-state index is 0.152. The summed E-state index contributed by atoms with van der Waals surface area (Å²) < 4.78 is 6.83. The van der Waals surface area contributed by atoms with E-state index in [1.165, 1.54) is 0 Å². The predicted octanol–water partition coefficient (Wildman–Crippen LogP) is 0.763. The Balaban J connectivity index is 3.10. The lowest BCUT2D eigenvalue weighted by molar-refractivity contribution is 0.00705. The maximum Gasteiger partial charge on any atom is 0.344 e. The summed E-state index contributed by atoms with van der Waals surface area (Å²) in [5.74, 6) is -0.477. The fraction of sp³-hybridized carbons (Fsp3) is 0.545. The fourth-order valence-corrected chi connectivity index (χ4v) is 1.26. The molecule has 0 radical (unpaired) electrons. The molecule has 0 aliphatic carbocycles. The molecule has 0 amide bonds. The monoisotopic (exact) mass is 253 g/mol. The van der Waals surface area contributed by atoms with Crippen molar-refractivity contribution < 1.29 is 9.53 Å². The normalized spacial score (nSPS) is 11.1. The summed E-state index contributed by atoms with van der Waals surface area (Å²) in [6.07, 6.45) is 1.57. The minimum atomic E-state index is -0.583. The van der Waals surface area contributed by atoms with Crippen molar-refractivity contribution in [3.8, 4) is 0 Å². The van der Waals surface area contributed by atoms with E-state index in [-0.39, 0.29) is 17.3 Å². The van der Waals surface area contributed by atoms with Gasteiger partial charge in [0.2, 0.25) is 0 Å². The highest BCUT2D eigenvalue weighted by molar-refractivity contribution is 5.95. The molecular weight excluding hydrogens is 234 g/mol. The Hall–Kier alpha value is -2.05. The minimum Gasteiger partial charge on any atom is -0.456 e. The van der Waals surface area contributed by atoms with Gasteiger partial charge in [0.1, 0.15) is 11.2 Å². The second-order valence-corrected chi connectivity index (χ2v) is 4.76. The molecule has 1 rings (SSSR count). The van der Waals surface area contributed by atoms with Gasteiger partial charge in [0.05, 0.1) is 0 Å². The molecule has 7 heteroatoms. The summed E-state index contributed by atoms with van der Waals surface area (Å²) in [6, 6.07) is 0. The van der Waals surface area contributed by atoms with E-state index in [1.807, 2.05) is 6.92 Å². The van der Waals surface area contributed by atoms with Gasteiger partial charge in [-0.3, -0.25) is 4.68 Å². The molecule has 1 heterocycles. The smallest absolute Gasteiger partial charge is 0.344 e. The number of aliphatic imine (C=N–C) groups is 1. The number of nitrogens with zero attached hydrogens (tertiary/aromatic N) is 3. The lowest BCUT2D eigenvalue weighted by Gasteiger charge is -2.18. The van der Waals surface area contributed by atoms with Crippen molar-refractivity contribution in [3.05, 3.63) is 11.8 Å². The summed E-state index contributed by atoms with van der Waals surface area (Å²) in [5.41, 5.74) is 10.3. The number of nitrogens with two attached hydrogens (primary N) is 2. The van der Waals surface area contributed by atoms with Gasteiger partial charge in [-0.15, -0.1) is 0 Å². The zero-order valence-electron chi connectivity index (χ0n) is 11.1. The number of aryl methyl sites for hydroxylation is 1. The van der Waals surface area contributed by atoms with Crippen LogP contribution in [0.2, 0.25) is 0 Å². The Bertz CT molecular complexity index is 466. The van der Waals surface area contributed by atoms with Crippen LogP contribution in [-0.2, 0) is 11.3 Å². The molecule has 0 saturated carbocycles. The third-order valence-electron chi connectivity index (χ3n) is 1.92. The maximum atomic E-state index is 12.0. The van der Waals surface area contributed by atoms with E-state index in [0.717, 1.165) is 0 Å². The molecule has 0 saturated heterocycles. The summed E-state index contributed by atoms with van der Waals surface area (Å²) in [5, 5.41) is 4.09. The van der Waals surface area contributed by atoms with Crippen LogP contribution >= 0.6 is 0 Å². The van der Waals surface area contributed by atoms with Crippen molar-refractivity contribution >= 4 is 17.7 Å². The van der Waals surface area contributed by atoms with Crippen LogP contribution < -0.4 is 11.5 Å². The van der Waals surface area contributed by atoms with Crippen LogP contribution in [0, 0.1) is 0 Å². The summed E-state index contributed by atoms with van der Waals surface area (Å²) >= 11 is 0. The molecule has 100 valence electrons. The lowest BCUT2D eigenvalue weighted by atomic mass is 10.2.